The molecule has 0 atom stereocenters. The van der Waals surface area contributed by atoms with Gasteiger partial charge in [-0.2, -0.15) is 0 Å². The highest BCUT2D eigenvalue weighted by atomic mass is 32.1. The second kappa shape index (κ2) is 7.78. The Morgan fingerprint density at radius 2 is 2.04 bits per heavy atom. The highest BCUT2D eigenvalue weighted by molar-refractivity contribution is 7.17. The van der Waals surface area contributed by atoms with Gasteiger partial charge >= 0.3 is 0 Å². The molecule has 2 aromatic rings. The van der Waals surface area contributed by atoms with E-state index in [1.807, 2.05) is 24.3 Å². The lowest BCUT2D eigenvalue weighted by Gasteiger charge is -2.19. The van der Waals surface area contributed by atoms with Gasteiger partial charge in [-0.3, -0.25) is 14.9 Å². The normalized spacial score (nSPS) is 13.4. The number of aromatic nitrogens is 1. The number of fused-ring (bicyclic) bond motifs is 1. The number of unbranched alkanes of at least 4 members (excludes halogenated alkanes) is 1. The van der Waals surface area contributed by atoms with Crippen molar-refractivity contribution in [3.05, 3.63) is 40.4 Å². The Labute approximate surface area is 152 Å². The number of thiazole rings is 1. The average Bonchev–Trinajstić information content (AvgIpc) is 3.03. The first-order chi connectivity index (χ1) is 12.1. The topological polar surface area (TPSA) is 62.3 Å². The van der Waals surface area contributed by atoms with Crippen LogP contribution in [-0.2, 0) is 6.42 Å². The van der Waals surface area contributed by atoms with Gasteiger partial charge in [0.1, 0.15) is 0 Å². The van der Waals surface area contributed by atoms with E-state index in [4.69, 9.17) is 0 Å². The van der Waals surface area contributed by atoms with Crippen molar-refractivity contribution in [2.75, 3.05) is 23.8 Å². The number of amides is 1. The molecule has 5 nitrogen and oxygen atoms in total. The van der Waals surface area contributed by atoms with E-state index in [2.05, 4.69) is 29.2 Å². The number of aryl methyl sites for hydroxylation is 1. The maximum Gasteiger partial charge on any atom is 0.257 e. The Hall–Kier alpha value is -2.21. The number of benzene rings is 1. The molecule has 1 aromatic carbocycles. The van der Waals surface area contributed by atoms with Crippen LogP contribution in [0.25, 0.3) is 0 Å². The molecule has 0 spiro atoms. The zero-order valence-corrected chi connectivity index (χ0v) is 15.5. The molecule has 0 radical (unpaired) electrons. The summed E-state index contributed by atoms with van der Waals surface area (Å²) in [5.74, 6) is -0.0555. The summed E-state index contributed by atoms with van der Waals surface area (Å²) >= 11 is 1.28. The Bertz CT molecular complexity index is 767. The molecule has 0 saturated heterocycles. The molecule has 25 heavy (non-hydrogen) atoms. The molecule has 1 aliphatic rings. The van der Waals surface area contributed by atoms with E-state index >= 15 is 0 Å². The first-order valence-electron chi connectivity index (χ1n) is 8.74. The summed E-state index contributed by atoms with van der Waals surface area (Å²) in [4.78, 5) is 31.6. The van der Waals surface area contributed by atoms with Crippen molar-refractivity contribution in [3.63, 3.8) is 0 Å². The van der Waals surface area contributed by atoms with E-state index in [1.54, 1.807) is 0 Å². The fourth-order valence-electron chi connectivity index (χ4n) is 2.88. The van der Waals surface area contributed by atoms with Crippen LogP contribution in [0.1, 0.15) is 58.3 Å². The summed E-state index contributed by atoms with van der Waals surface area (Å²) in [6, 6.07) is 7.57. The zero-order chi connectivity index (χ0) is 17.8. The number of hydrogen-bond acceptors (Lipinski definition) is 5. The number of carbonyl (C=O) groups excluding carboxylic acids is 2. The second-order valence-corrected chi connectivity index (χ2v) is 7.35. The predicted octanol–water partition coefficient (Wildman–Crippen LogP) is 4.15. The van der Waals surface area contributed by atoms with Crippen LogP contribution in [0.15, 0.2) is 24.3 Å². The summed E-state index contributed by atoms with van der Waals surface area (Å²) in [6.07, 6.45) is 4.54. The molecule has 132 valence electrons. The molecule has 3 rings (SSSR count). The third kappa shape index (κ3) is 4.07. The minimum absolute atomic E-state index is 0.138. The molecule has 1 aliphatic carbocycles. The SMILES string of the molecule is CCCCN(C)c1ccc(C(=O)Nc2nc3c(s2)C(=O)CCC3)cc1. The minimum atomic E-state index is -0.193. The molecule has 0 saturated carbocycles. The molecule has 0 fully saturated rings. The van der Waals surface area contributed by atoms with Crippen LogP contribution in [-0.4, -0.2) is 30.3 Å². The van der Waals surface area contributed by atoms with E-state index in [0.29, 0.717) is 22.0 Å². The van der Waals surface area contributed by atoms with Crippen LogP contribution < -0.4 is 10.2 Å². The maximum atomic E-state index is 12.4. The van der Waals surface area contributed by atoms with Gasteiger partial charge in [-0.15, -0.1) is 0 Å². The quantitative estimate of drug-likeness (QED) is 0.843. The number of Topliss-reactive ketones (excluding diaryl/α,β-unsaturated/α-hetero) is 1. The highest BCUT2D eigenvalue weighted by Crippen LogP contribution is 2.29. The summed E-state index contributed by atoms with van der Waals surface area (Å²) in [7, 11) is 2.06. The Kier molecular flexibility index (Phi) is 5.48. The lowest BCUT2D eigenvalue weighted by atomic mass is 10.0. The third-order valence-electron chi connectivity index (χ3n) is 4.41. The molecule has 1 N–H and O–H groups in total. The molecule has 6 heteroatoms. The molecule has 0 aliphatic heterocycles. The monoisotopic (exact) mass is 357 g/mol. The number of hydrogen-bond donors (Lipinski definition) is 1. The van der Waals surface area contributed by atoms with Crippen molar-refractivity contribution < 1.29 is 9.59 Å². The van der Waals surface area contributed by atoms with Crippen molar-refractivity contribution >= 4 is 33.8 Å². The van der Waals surface area contributed by atoms with E-state index in [9.17, 15) is 9.59 Å². The van der Waals surface area contributed by atoms with Crippen LogP contribution in [0.2, 0.25) is 0 Å². The Balaban J connectivity index is 1.66. The maximum absolute atomic E-state index is 12.4. The molecular weight excluding hydrogens is 334 g/mol. The van der Waals surface area contributed by atoms with Crippen molar-refractivity contribution in [2.45, 2.75) is 39.0 Å². The lowest BCUT2D eigenvalue weighted by Crippen LogP contribution is -2.18. The molecule has 0 bridgehead atoms. The van der Waals surface area contributed by atoms with E-state index in [0.717, 1.165) is 43.6 Å². The van der Waals surface area contributed by atoms with Crippen LogP contribution in [0.5, 0.6) is 0 Å². The zero-order valence-electron chi connectivity index (χ0n) is 14.7. The largest absolute Gasteiger partial charge is 0.375 e. The van der Waals surface area contributed by atoms with Gasteiger partial charge in [0.25, 0.3) is 5.91 Å². The Morgan fingerprint density at radius 1 is 1.28 bits per heavy atom. The lowest BCUT2D eigenvalue weighted by molar-refractivity contribution is 0.0975. The smallest absolute Gasteiger partial charge is 0.257 e. The summed E-state index contributed by atoms with van der Waals surface area (Å²) in [6.45, 7) is 3.17. The van der Waals surface area contributed by atoms with Crippen molar-refractivity contribution in [1.29, 1.82) is 0 Å². The number of nitrogens with zero attached hydrogens (tertiary/aromatic N) is 2. The number of nitrogens with one attached hydrogen (secondary N) is 1. The van der Waals surface area contributed by atoms with Crippen molar-refractivity contribution in [3.8, 4) is 0 Å². The fraction of sp³-hybridized carbons (Fsp3) is 0.421. The Morgan fingerprint density at radius 3 is 2.72 bits per heavy atom. The molecule has 1 heterocycles. The number of carbonyl (C=O) groups is 2. The fourth-order valence-corrected chi connectivity index (χ4v) is 3.86. The first-order valence-corrected chi connectivity index (χ1v) is 9.55. The van der Waals surface area contributed by atoms with Gasteiger partial charge in [0.05, 0.1) is 10.6 Å². The molecule has 1 amide bonds. The summed E-state index contributed by atoms with van der Waals surface area (Å²) in [5.41, 5.74) is 2.51. The van der Waals surface area contributed by atoms with Gasteiger partial charge in [0, 0.05) is 31.3 Å². The van der Waals surface area contributed by atoms with Crippen LogP contribution in [0.4, 0.5) is 10.8 Å². The average molecular weight is 357 g/mol. The first kappa shape index (κ1) is 17.6. The van der Waals surface area contributed by atoms with Gasteiger partial charge in [-0.25, -0.2) is 4.98 Å². The number of ketones is 1. The van der Waals surface area contributed by atoms with E-state index < -0.39 is 0 Å². The van der Waals surface area contributed by atoms with Crippen molar-refractivity contribution in [2.24, 2.45) is 0 Å². The number of anilines is 2. The molecule has 1 aromatic heterocycles. The van der Waals surface area contributed by atoms with Crippen LogP contribution in [0, 0.1) is 0 Å². The number of rotatable bonds is 6. The highest BCUT2D eigenvalue weighted by Gasteiger charge is 2.23. The molecular formula is C19H23N3O2S. The molecule has 0 unspecified atom stereocenters. The standard InChI is InChI=1S/C19H23N3O2S/c1-3-4-12-22(2)14-10-8-13(9-11-14)18(24)21-19-20-15-6-5-7-16(23)17(15)25-19/h8-11H,3-7,12H2,1-2H3,(H,20,21,24). The van der Waals surface area contributed by atoms with Gasteiger partial charge < -0.3 is 4.90 Å². The second-order valence-electron chi connectivity index (χ2n) is 6.35. The van der Waals surface area contributed by atoms with Crippen molar-refractivity contribution in [1.82, 2.24) is 4.98 Å². The van der Waals surface area contributed by atoms with Crippen LogP contribution >= 0.6 is 11.3 Å². The van der Waals surface area contributed by atoms with E-state index in [-0.39, 0.29) is 11.7 Å². The van der Waals surface area contributed by atoms with Crippen LogP contribution in [0.3, 0.4) is 0 Å². The van der Waals surface area contributed by atoms with E-state index in [1.165, 1.54) is 11.3 Å². The van der Waals surface area contributed by atoms with Gasteiger partial charge in [-0.1, -0.05) is 24.7 Å². The van der Waals surface area contributed by atoms with Gasteiger partial charge in [-0.05, 0) is 43.5 Å². The van der Waals surface area contributed by atoms with Gasteiger partial charge in [0.2, 0.25) is 0 Å². The third-order valence-corrected chi connectivity index (χ3v) is 5.46. The summed E-state index contributed by atoms with van der Waals surface area (Å²) < 4.78 is 0. The van der Waals surface area contributed by atoms with Gasteiger partial charge in [0.15, 0.2) is 10.9 Å². The minimum Gasteiger partial charge on any atom is -0.375 e. The summed E-state index contributed by atoms with van der Waals surface area (Å²) in [5, 5.41) is 3.33. The predicted molar refractivity (Wildman–Crippen MR) is 102 cm³/mol.